The second-order valence-corrected chi connectivity index (χ2v) is 5.45. The Kier molecular flexibility index (Phi) is 3.50. The van der Waals surface area contributed by atoms with Crippen LogP contribution < -0.4 is 0 Å². The Bertz CT molecular complexity index is 811. The zero-order valence-electron chi connectivity index (χ0n) is 11.3. The summed E-state index contributed by atoms with van der Waals surface area (Å²) in [6, 6.07) is 12.6. The number of aromatic nitrogens is 2. The number of benzene rings is 1. The molecule has 0 aliphatic rings. The average molecular weight is 296 g/mol. The lowest BCUT2D eigenvalue weighted by atomic mass is 10.1. The van der Waals surface area contributed by atoms with Gasteiger partial charge in [-0.25, -0.2) is 9.78 Å². The molecule has 2 aromatic heterocycles. The number of nitrogens with zero attached hydrogens (tertiary/aromatic N) is 2. The van der Waals surface area contributed by atoms with Gasteiger partial charge in [-0.1, -0.05) is 18.2 Å². The van der Waals surface area contributed by atoms with E-state index in [4.69, 9.17) is 5.11 Å². The summed E-state index contributed by atoms with van der Waals surface area (Å²) >= 11 is 1.50. The maximum absolute atomic E-state index is 11.0. The van der Waals surface area contributed by atoms with Gasteiger partial charge in [-0.05, 0) is 31.2 Å². The fourth-order valence-corrected chi connectivity index (χ4v) is 2.80. The van der Waals surface area contributed by atoms with E-state index in [-0.39, 0.29) is 5.56 Å². The van der Waals surface area contributed by atoms with E-state index in [0.717, 1.165) is 27.7 Å². The monoisotopic (exact) mass is 296 g/mol. The molecule has 1 aromatic carbocycles. The molecule has 0 unspecified atom stereocenters. The first-order valence-corrected chi connectivity index (χ1v) is 7.25. The summed E-state index contributed by atoms with van der Waals surface area (Å²) in [6.07, 6.45) is 0. The van der Waals surface area contributed by atoms with Crippen LogP contribution in [0.2, 0.25) is 0 Å². The number of aryl methyl sites for hydroxylation is 1. The average Bonchev–Trinajstić information content (AvgIpc) is 2.97. The molecule has 0 atom stereocenters. The van der Waals surface area contributed by atoms with Crippen molar-refractivity contribution in [2.45, 2.75) is 6.92 Å². The number of hydrogen-bond acceptors (Lipinski definition) is 4. The molecule has 104 valence electrons. The standard InChI is InChI=1S/C16H12N2O2S/c1-10-4-2-7-13(17-10)15-18-14(9-21-15)11-5-3-6-12(8-11)16(19)20/h2-9H,1H3,(H,19,20). The van der Waals surface area contributed by atoms with Crippen LogP contribution in [0.5, 0.6) is 0 Å². The quantitative estimate of drug-likeness (QED) is 0.796. The van der Waals surface area contributed by atoms with Crippen molar-refractivity contribution in [3.63, 3.8) is 0 Å². The van der Waals surface area contributed by atoms with Crippen molar-refractivity contribution in [3.05, 3.63) is 59.1 Å². The Hall–Kier alpha value is -2.53. The van der Waals surface area contributed by atoms with Crippen LogP contribution in [-0.2, 0) is 0 Å². The van der Waals surface area contributed by atoms with E-state index >= 15 is 0 Å². The van der Waals surface area contributed by atoms with Gasteiger partial charge in [0.15, 0.2) is 0 Å². The number of carboxylic acids is 1. The lowest BCUT2D eigenvalue weighted by molar-refractivity contribution is 0.0697. The summed E-state index contributed by atoms with van der Waals surface area (Å²) in [5.74, 6) is -0.937. The van der Waals surface area contributed by atoms with Gasteiger partial charge in [0.1, 0.15) is 5.01 Å². The van der Waals surface area contributed by atoms with Crippen LogP contribution in [0.15, 0.2) is 47.8 Å². The molecule has 3 rings (SSSR count). The van der Waals surface area contributed by atoms with E-state index in [1.54, 1.807) is 18.2 Å². The van der Waals surface area contributed by atoms with Crippen LogP contribution in [0.1, 0.15) is 16.1 Å². The molecule has 0 aliphatic heterocycles. The minimum Gasteiger partial charge on any atom is -0.478 e. The van der Waals surface area contributed by atoms with E-state index in [1.165, 1.54) is 11.3 Å². The maximum atomic E-state index is 11.0. The lowest BCUT2D eigenvalue weighted by Crippen LogP contribution is -1.95. The van der Waals surface area contributed by atoms with Crippen LogP contribution >= 0.6 is 11.3 Å². The van der Waals surface area contributed by atoms with Crippen LogP contribution in [0.4, 0.5) is 0 Å². The Labute approximate surface area is 125 Å². The molecular weight excluding hydrogens is 284 g/mol. The van der Waals surface area contributed by atoms with Gasteiger partial charge >= 0.3 is 5.97 Å². The van der Waals surface area contributed by atoms with Gasteiger partial charge in [-0.15, -0.1) is 11.3 Å². The van der Waals surface area contributed by atoms with E-state index in [0.29, 0.717) is 0 Å². The lowest BCUT2D eigenvalue weighted by Gasteiger charge is -1.99. The number of thiazole rings is 1. The summed E-state index contributed by atoms with van der Waals surface area (Å²) in [7, 11) is 0. The molecule has 0 bridgehead atoms. The van der Waals surface area contributed by atoms with Crippen molar-refractivity contribution in [3.8, 4) is 22.0 Å². The summed E-state index contributed by atoms with van der Waals surface area (Å²) in [5.41, 5.74) is 3.60. The van der Waals surface area contributed by atoms with Crippen LogP contribution in [0, 0.1) is 6.92 Å². The fourth-order valence-electron chi connectivity index (χ4n) is 2.00. The van der Waals surface area contributed by atoms with Gasteiger partial charge < -0.3 is 5.11 Å². The molecule has 0 saturated carbocycles. The molecule has 1 N–H and O–H groups in total. The Morgan fingerprint density at radius 1 is 1.10 bits per heavy atom. The highest BCUT2D eigenvalue weighted by atomic mass is 32.1. The first-order valence-electron chi connectivity index (χ1n) is 6.37. The molecule has 2 heterocycles. The van der Waals surface area contributed by atoms with Gasteiger partial charge in [0.25, 0.3) is 0 Å². The smallest absolute Gasteiger partial charge is 0.335 e. The minimum absolute atomic E-state index is 0.260. The zero-order valence-corrected chi connectivity index (χ0v) is 12.1. The van der Waals surface area contributed by atoms with Crippen molar-refractivity contribution in [2.75, 3.05) is 0 Å². The van der Waals surface area contributed by atoms with Gasteiger partial charge in [0, 0.05) is 16.6 Å². The van der Waals surface area contributed by atoms with Crippen LogP contribution in [0.3, 0.4) is 0 Å². The molecule has 21 heavy (non-hydrogen) atoms. The summed E-state index contributed by atoms with van der Waals surface area (Å²) < 4.78 is 0. The maximum Gasteiger partial charge on any atom is 0.335 e. The molecule has 0 aliphatic carbocycles. The molecule has 5 heteroatoms. The third-order valence-corrected chi connectivity index (χ3v) is 3.88. The van der Waals surface area contributed by atoms with Gasteiger partial charge in [0.2, 0.25) is 0 Å². The van der Waals surface area contributed by atoms with Gasteiger partial charge in [-0.2, -0.15) is 0 Å². The van der Waals surface area contributed by atoms with Crippen molar-refractivity contribution in [1.82, 2.24) is 9.97 Å². The van der Waals surface area contributed by atoms with Gasteiger partial charge in [-0.3, -0.25) is 4.98 Å². The SMILES string of the molecule is Cc1cccc(-c2nc(-c3cccc(C(=O)O)c3)cs2)n1. The second-order valence-electron chi connectivity index (χ2n) is 4.59. The number of hydrogen-bond donors (Lipinski definition) is 1. The van der Waals surface area contributed by atoms with E-state index in [2.05, 4.69) is 9.97 Å². The highest BCUT2D eigenvalue weighted by Crippen LogP contribution is 2.28. The van der Waals surface area contributed by atoms with Crippen LogP contribution in [-0.4, -0.2) is 21.0 Å². The van der Waals surface area contributed by atoms with E-state index < -0.39 is 5.97 Å². The molecule has 3 aromatic rings. The highest BCUT2D eigenvalue weighted by Gasteiger charge is 2.10. The van der Waals surface area contributed by atoms with E-state index in [1.807, 2.05) is 36.6 Å². The third kappa shape index (κ3) is 2.83. The zero-order chi connectivity index (χ0) is 14.8. The number of pyridine rings is 1. The molecule has 0 spiro atoms. The van der Waals surface area contributed by atoms with Crippen molar-refractivity contribution < 1.29 is 9.90 Å². The van der Waals surface area contributed by atoms with Gasteiger partial charge in [0.05, 0.1) is 17.0 Å². The van der Waals surface area contributed by atoms with Crippen molar-refractivity contribution in [2.24, 2.45) is 0 Å². The van der Waals surface area contributed by atoms with Crippen LogP contribution in [0.25, 0.3) is 22.0 Å². The van der Waals surface area contributed by atoms with Crippen molar-refractivity contribution in [1.29, 1.82) is 0 Å². The molecule has 4 nitrogen and oxygen atoms in total. The normalized spacial score (nSPS) is 10.5. The third-order valence-electron chi connectivity index (χ3n) is 3.02. The Morgan fingerprint density at radius 2 is 1.90 bits per heavy atom. The molecule has 0 radical (unpaired) electrons. The molecule has 0 fully saturated rings. The highest BCUT2D eigenvalue weighted by molar-refractivity contribution is 7.13. The summed E-state index contributed by atoms with van der Waals surface area (Å²) in [4.78, 5) is 20.0. The summed E-state index contributed by atoms with van der Waals surface area (Å²) in [6.45, 7) is 1.94. The summed E-state index contributed by atoms with van der Waals surface area (Å²) in [5, 5.41) is 11.8. The fraction of sp³-hybridized carbons (Fsp3) is 0.0625. The largest absolute Gasteiger partial charge is 0.478 e. The number of carboxylic acid groups (broad SMARTS) is 1. The topological polar surface area (TPSA) is 63.1 Å². The second kappa shape index (κ2) is 5.46. The predicted octanol–water partition coefficient (Wildman–Crippen LogP) is 3.88. The Morgan fingerprint density at radius 3 is 2.67 bits per heavy atom. The number of aromatic carboxylic acids is 1. The van der Waals surface area contributed by atoms with E-state index in [9.17, 15) is 4.79 Å². The molecule has 0 saturated heterocycles. The Balaban J connectivity index is 1.98. The predicted molar refractivity (Wildman–Crippen MR) is 82.5 cm³/mol. The number of rotatable bonds is 3. The van der Waals surface area contributed by atoms with Crippen molar-refractivity contribution >= 4 is 17.3 Å². The minimum atomic E-state index is -0.937. The molecule has 0 amide bonds. The first-order chi connectivity index (χ1) is 10.1. The molecular formula is C16H12N2O2S. The first kappa shape index (κ1) is 13.5. The number of carbonyl (C=O) groups is 1.